The van der Waals surface area contributed by atoms with Crippen LogP contribution in [0.15, 0.2) is 97.1 Å². The maximum Gasteiger partial charge on any atom is 0.471 e. The summed E-state index contributed by atoms with van der Waals surface area (Å²) in [6.07, 6.45) is -22.9. The minimum atomic E-state index is -5.28. The van der Waals surface area contributed by atoms with Crippen molar-refractivity contribution in [2.45, 2.75) is 168 Å². The van der Waals surface area contributed by atoms with Crippen LogP contribution in [0.5, 0.6) is 0 Å². The molecule has 0 saturated carbocycles. The fraction of sp³-hybridized carbons (Fsp3) is 0.532. The number of fused-ring (bicyclic) bond motifs is 20. The third-order valence-corrected chi connectivity index (χ3v) is 21.5. The minimum absolute atomic E-state index is 0. The Bertz CT molecular complexity index is 4350. The van der Waals surface area contributed by atoms with E-state index in [-0.39, 0.29) is 161 Å². The number of piperidine rings is 5. The molecule has 5 aliphatic heterocycles. The average Bonchev–Trinajstić information content (AvgIpc) is 0.776. The number of anilines is 2. The second kappa shape index (κ2) is 37.3. The van der Waals surface area contributed by atoms with Crippen LogP contribution in [0, 0.1) is 49.8 Å². The van der Waals surface area contributed by atoms with Crippen molar-refractivity contribution in [2.75, 3.05) is 76.1 Å². The zero-order valence-electron chi connectivity index (χ0n) is 57.6. The molecule has 10 aliphatic rings. The van der Waals surface area contributed by atoms with Gasteiger partial charge in [0, 0.05) is 106 Å². The molecule has 5 aromatic carbocycles. The van der Waals surface area contributed by atoms with Gasteiger partial charge in [-0.05, 0) is 180 Å². The van der Waals surface area contributed by atoms with Gasteiger partial charge in [-0.1, -0.05) is 97.8 Å². The van der Waals surface area contributed by atoms with E-state index in [1.165, 1.54) is 61.1 Å². The van der Waals surface area contributed by atoms with Gasteiger partial charge in [0.15, 0.2) is 0 Å². The van der Waals surface area contributed by atoms with Crippen LogP contribution in [0.4, 0.5) is 102 Å². The molecule has 0 spiro atoms. The van der Waals surface area contributed by atoms with Crippen LogP contribution in [0.25, 0.3) is 0 Å². The van der Waals surface area contributed by atoms with Crippen LogP contribution < -0.4 is 16.0 Å². The highest BCUT2D eigenvalue weighted by atomic mass is 35.5. The first-order valence-corrected chi connectivity index (χ1v) is 34.6. The van der Waals surface area contributed by atoms with E-state index in [9.17, 15) is 128 Å². The molecule has 5 aliphatic carbocycles. The van der Waals surface area contributed by atoms with Crippen molar-refractivity contribution in [3.63, 3.8) is 0 Å². The molecule has 5 saturated heterocycles. The number of non-ortho nitro benzene ring substituents is 1. The van der Waals surface area contributed by atoms with E-state index in [1.807, 2.05) is 24.3 Å². The summed E-state index contributed by atoms with van der Waals surface area (Å²) in [5, 5.41) is 28.8. The number of nitro groups is 2. The maximum atomic E-state index is 12.7. The Morgan fingerprint density at radius 2 is 0.687 bits per heavy atom. The summed E-state index contributed by atoms with van der Waals surface area (Å²) in [5.74, 6) is -11.9. The lowest BCUT2D eigenvalue weighted by Gasteiger charge is -2.42. The van der Waals surface area contributed by atoms with Gasteiger partial charge >= 0.3 is 72.5 Å². The number of nitrogens with zero attached hydrogens (tertiary/aromatic N) is 6. The van der Waals surface area contributed by atoms with Gasteiger partial charge in [-0.2, -0.15) is 79.0 Å². The number of benzene rings is 5. The quantitative estimate of drug-likeness (QED) is 0.0869. The largest absolute Gasteiger partial charge is 0.471 e. The highest BCUT2D eigenvalue weighted by molar-refractivity contribution is 5.97. The number of amides is 6. The van der Waals surface area contributed by atoms with E-state index in [2.05, 4.69) is 29.6 Å². The molecule has 115 heavy (non-hydrogen) atoms. The van der Waals surface area contributed by atoms with Gasteiger partial charge in [0.2, 0.25) is 0 Å². The summed E-state index contributed by atoms with van der Waals surface area (Å²) in [6, 6.07) is 27.6. The molecule has 0 aromatic heterocycles. The van der Waals surface area contributed by atoms with E-state index in [4.69, 9.17) is 0 Å². The van der Waals surface area contributed by atoms with Gasteiger partial charge in [-0.15, -0.1) is 12.4 Å². The van der Waals surface area contributed by atoms with Crippen molar-refractivity contribution >= 4 is 70.6 Å². The van der Waals surface area contributed by atoms with Gasteiger partial charge in [0.05, 0.1) is 9.85 Å². The van der Waals surface area contributed by atoms with Gasteiger partial charge in [0.25, 0.3) is 11.4 Å². The second-order valence-electron chi connectivity index (χ2n) is 29.2. The number of hydrogen-bond donors (Lipinski definition) is 3. The van der Waals surface area contributed by atoms with Gasteiger partial charge in [-0.25, -0.2) is 0 Å². The lowest BCUT2D eigenvalue weighted by Crippen LogP contribution is -2.50. The predicted molar refractivity (Wildman–Crippen MR) is 392 cm³/mol. The van der Waals surface area contributed by atoms with Crippen LogP contribution in [-0.2, 0) is 60.9 Å². The first-order valence-electron chi connectivity index (χ1n) is 34.6. The molecule has 5 fully saturated rings. The molecule has 10 unspecified atom stereocenters. The summed E-state index contributed by atoms with van der Waals surface area (Å²) in [4.78, 5) is 91.9. The Morgan fingerprint density at radius 3 is 1.08 bits per heavy atom. The molecular weight excluding hydrogens is 1590 g/mol. The molecule has 5 heterocycles. The molecule has 0 radical (unpaired) electrons. The number of carbonyl (C=O) groups excluding carboxylic acids is 6. The number of alkyl halides is 18. The minimum Gasteiger partial charge on any atom is -0.334 e. The Hall–Kier alpha value is -9.29. The summed E-state index contributed by atoms with van der Waals surface area (Å²) in [6.45, 7) is 2.22. The topological polar surface area (TPSA) is 238 Å². The first-order chi connectivity index (χ1) is 50.9. The van der Waals surface area contributed by atoms with Crippen LogP contribution in [0.1, 0.15) is 154 Å². The number of rotatable bonds is 4. The zero-order valence-corrected chi connectivity index (χ0v) is 58.4. The van der Waals surface area contributed by atoms with Crippen molar-refractivity contribution in [1.82, 2.24) is 24.9 Å². The van der Waals surface area contributed by atoms with Crippen LogP contribution in [-0.4, -0.2) is 167 Å². The Kier molecular flexibility index (Phi) is 31.3. The van der Waals surface area contributed by atoms with Crippen molar-refractivity contribution in [3.8, 4) is 0 Å². The van der Waals surface area contributed by atoms with Crippen LogP contribution in [0.2, 0.25) is 0 Å². The second-order valence-corrected chi connectivity index (χ2v) is 29.2. The smallest absolute Gasteiger partial charge is 0.334 e. The predicted octanol–water partition coefficient (Wildman–Crippen LogP) is 17.3. The van der Waals surface area contributed by atoms with Crippen molar-refractivity contribution in [3.05, 3.63) is 173 Å². The molecule has 10 atom stereocenters. The Balaban J connectivity index is 0.000000258. The molecule has 10 bridgehead atoms. The third-order valence-electron chi connectivity index (χ3n) is 21.5. The Morgan fingerprint density at radius 1 is 0.357 bits per heavy atom. The van der Waals surface area contributed by atoms with E-state index in [0.717, 1.165) is 68.2 Å². The summed E-state index contributed by atoms with van der Waals surface area (Å²) in [7, 11) is 0. The molecule has 6 amide bonds. The number of nitro benzene ring substituents is 2. The molecule has 5 aromatic rings. The van der Waals surface area contributed by atoms with E-state index >= 15 is 0 Å². The van der Waals surface area contributed by atoms with Crippen LogP contribution >= 0.6 is 12.4 Å². The van der Waals surface area contributed by atoms with Crippen LogP contribution in [0.3, 0.4) is 0 Å². The summed E-state index contributed by atoms with van der Waals surface area (Å²) >= 11 is 0. The lowest BCUT2D eigenvalue weighted by molar-refractivity contribution is -0.385. The number of halogens is 19. The van der Waals surface area contributed by atoms with Crippen molar-refractivity contribution in [1.29, 1.82) is 0 Å². The molecular formula is C77H90ClF18N9O10. The monoisotopic (exact) mass is 1680 g/mol. The molecule has 15 rings (SSSR count). The molecule has 3 N–H and O–H groups in total. The summed E-state index contributed by atoms with van der Waals surface area (Å²) in [5.41, 5.74) is 7.65. The van der Waals surface area contributed by atoms with E-state index < -0.39 is 106 Å². The normalized spacial score (nSPS) is 22.9. The fourth-order valence-corrected chi connectivity index (χ4v) is 17.3. The van der Waals surface area contributed by atoms with E-state index in [1.54, 1.807) is 28.6 Å². The number of hydrogen-bond acceptors (Lipinski definition) is 11. The maximum absolute atomic E-state index is 12.7. The first kappa shape index (κ1) is 96.3. The van der Waals surface area contributed by atoms with Gasteiger partial charge in [0.1, 0.15) is 5.69 Å². The highest BCUT2D eigenvalue weighted by Crippen LogP contribution is 2.48. The SMILES string of the molecule is C.C.C.C.C.Cl.O=C(N1CC2Cc3ccc([N+](=O)[O-])cc3C(C2)C1)C(F)(F)F.O=C(N1CC2Cc3ccccc3C(C2)C1)C(F)(F)F.O=C(Nc1cc2c(cc1[N+](=O)[O-])CC1CC2CN(C(=O)C(F)(F)F)C1)C(F)(F)F.O=C(Nc1ccc2c(c1)C1CC(C2)CN(C(=O)C(F)(F)F)C1)C(F)(F)F.c1ccc2c(c1)CC1CNCC2C1. The molecule has 636 valence electrons. The Labute approximate surface area is 657 Å². The fourth-order valence-electron chi connectivity index (χ4n) is 17.3. The number of carbonyl (C=O) groups is 6. The molecule has 19 nitrogen and oxygen atoms in total. The van der Waals surface area contributed by atoms with Crippen molar-refractivity contribution < 1.29 is 118 Å². The lowest BCUT2D eigenvalue weighted by atomic mass is 9.73. The number of nitrogens with one attached hydrogen (secondary N) is 3. The zero-order chi connectivity index (χ0) is 79.4. The average molecular weight is 1680 g/mol. The summed E-state index contributed by atoms with van der Waals surface area (Å²) < 4.78 is 226. The molecule has 38 heteroatoms. The van der Waals surface area contributed by atoms with Gasteiger partial charge in [-0.3, -0.25) is 49.0 Å². The number of likely N-dealkylation sites (tertiary alicyclic amines) is 4. The highest BCUT2D eigenvalue weighted by Gasteiger charge is 2.52. The van der Waals surface area contributed by atoms with Gasteiger partial charge < -0.3 is 35.6 Å². The standard InChI is InChI=1S/C16H13F6N3O4.C16H14F6N2O2.C14H13F3N2O3.C14H14F3NO.C12H15N.5CH4.ClH/c17-15(18,19)13(26)23-11-4-10-8(3-12(11)25(28)29)1-7-2-9(10)6-24(5-7)14(27)16(20,21)22;17-15(18,19)13(25)23-11-2-1-9-3-8-4-10(12(9)5-11)7-24(6-8)14(26)16(20,21)22;15-14(16,17)13(20)18-6-8-3-9-1-2-11(19(21)22)5-12(9)10(4-8)7-18;15-14(16,17)13(19)18-7-9-5-10-3-1-2-4-12(10)11(6-9)8-18;1-2-4-12-10(3-1)5-9-6-11(12)8-13-7-9;;;;;;/h3-4,7,9H,1-2,5-6H2,(H,23,26);1-2,5,8,10H,3-4,6-7H2,(H,23,25);1-2,5,8,10H,3-4,6-7H2;1-4,9,11H,5-8H2;1-4,9,11,13H,5-8H2;5*1H4;1H. The van der Waals surface area contributed by atoms with Crippen molar-refractivity contribution in [2.24, 2.45) is 29.6 Å². The van der Waals surface area contributed by atoms with E-state index in [0.29, 0.717) is 53.7 Å². The third kappa shape index (κ3) is 22.7.